The number of carboxylic acid groups (broad SMARTS) is 1. The van der Waals surface area contributed by atoms with Crippen molar-refractivity contribution < 1.29 is 18.3 Å². The summed E-state index contributed by atoms with van der Waals surface area (Å²) in [4.78, 5) is 14.5. The topological polar surface area (TPSA) is 111 Å². The Balaban J connectivity index is 3.11. The molecule has 7 nitrogen and oxygen atoms in total. The van der Waals surface area contributed by atoms with Crippen molar-refractivity contribution in [3.63, 3.8) is 0 Å². The quantitative estimate of drug-likeness (QED) is 0.852. The number of carbonyl (C=O) groups is 1. The molecule has 108 valence electrons. The minimum atomic E-state index is -3.86. The van der Waals surface area contributed by atoms with Crippen LogP contribution in [0, 0.1) is 24.2 Å². The zero-order valence-corrected chi connectivity index (χ0v) is 12.2. The van der Waals surface area contributed by atoms with Gasteiger partial charge in [-0.2, -0.15) is 5.26 Å². The highest BCUT2D eigenvalue weighted by Crippen LogP contribution is 2.17. The van der Waals surface area contributed by atoms with Gasteiger partial charge in [0.2, 0.25) is 10.0 Å². The van der Waals surface area contributed by atoms with E-state index in [1.54, 1.807) is 6.92 Å². The van der Waals surface area contributed by atoms with Crippen LogP contribution in [0.3, 0.4) is 0 Å². The predicted molar refractivity (Wildman–Crippen MR) is 70.3 cm³/mol. The maximum Gasteiger partial charge on any atom is 0.307 e. The molecule has 1 aromatic rings. The van der Waals surface area contributed by atoms with Crippen molar-refractivity contribution in [2.24, 2.45) is 5.92 Å². The summed E-state index contributed by atoms with van der Waals surface area (Å²) >= 11 is 0. The number of aliphatic carboxylic acids is 1. The lowest BCUT2D eigenvalue weighted by Crippen LogP contribution is -2.33. The molecule has 0 radical (unpaired) electrons. The molecule has 0 aliphatic carbocycles. The summed E-state index contributed by atoms with van der Waals surface area (Å²) in [7, 11) is -2.57. The number of rotatable bonds is 5. The van der Waals surface area contributed by atoms with Crippen LogP contribution in [0.2, 0.25) is 0 Å². The second-order valence-corrected chi connectivity index (χ2v) is 6.49. The summed E-state index contributed by atoms with van der Waals surface area (Å²) in [5.74, 6) is -1.91. The molecule has 0 amide bonds. The molecule has 0 fully saturated rings. The molecule has 1 N–H and O–H groups in total. The fourth-order valence-electron chi connectivity index (χ4n) is 1.51. The highest BCUT2D eigenvalue weighted by molar-refractivity contribution is 7.89. The first-order valence-electron chi connectivity index (χ1n) is 5.76. The minimum absolute atomic E-state index is 0.125. The van der Waals surface area contributed by atoms with Gasteiger partial charge in [0.15, 0.2) is 0 Å². The molecule has 0 aliphatic rings. The molecular formula is C12H15N3O4S. The number of hydrogen-bond donors (Lipinski definition) is 1. The molecule has 1 atom stereocenters. The van der Waals surface area contributed by atoms with Crippen LogP contribution in [0.5, 0.6) is 0 Å². The first-order valence-corrected chi connectivity index (χ1v) is 7.20. The van der Waals surface area contributed by atoms with Crippen LogP contribution in [0.4, 0.5) is 0 Å². The van der Waals surface area contributed by atoms with E-state index in [-0.39, 0.29) is 17.0 Å². The third-order valence-electron chi connectivity index (χ3n) is 2.84. The zero-order chi connectivity index (χ0) is 15.5. The van der Waals surface area contributed by atoms with Gasteiger partial charge in [-0.05, 0) is 13.0 Å². The van der Waals surface area contributed by atoms with Gasteiger partial charge in [0.25, 0.3) is 0 Å². The van der Waals surface area contributed by atoms with E-state index in [1.165, 1.54) is 20.0 Å². The minimum Gasteiger partial charge on any atom is -0.481 e. The molecule has 0 spiro atoms. The molecule has 0 saturated carbocycles. The molecule has 0 aromatic carbocycles. The smallest absolute Gasteiger partial charge is 0.307 e. The van der Waals surface area contributed by atoms with E-state index in [4.69, 9.17) is 10.4 Å². The summed E-state index contributed by atoms with van der Waals surface area (Å²) in [6, 6.07) is 3.10. The second kappa shape index (κ2) is 5.98. The number of nitriles is 1. The number of carboxylic acids is 1. The maximum atomic E-state index is 12.3. The molecule has 1 aromatic heterocycles. The van der Waals surface area contributed by atoms with Crippen LogP contribution in [-0.2, 0) is 14.8 Å². The van der Waals surface area contributed by atoms with Gasteiger partial charge in [-0.1, -0.05) is 6.92 Å². The monoisotopic (exact) mass is 297 g/mol. The first kappa shape index (κ1) is 16.1. The van der Waals surface area contributed by atoms with Crippen LogP contribution in [0.25, 0.3) is 0 Å². The third-order valence-corrected chi connectivity index (χ3v) is 4.63. The van der Waals surface area contributed by atoms with Gasteiger partial charge >= 0.3 is 5.97 Å². The SMILES string of the molecule is Cc1ncc(S(=O)(=O)N(C)CC(C)C(=O)O)cc1C#N. The Bertz CT molecular complexity index is 664. The average Bonchev–Trinajstić information content (AvgIpc) is 2.38. The molecule has 0 bridgehead atoms. The summed E-state index contributed by atoms with van der Waals surface area (Å²) in [6.07, 6.45) is 1.16. The fourth-order valence-corrected chi connectivity index (χ4v) is 2.74. The number of sulfonamides is 1. The van der Waals surface area contributed by atoms with Crippen molar-refractivity contribution in [2.75, 3.05) is 13.6 Å². The molecular weight excluding hydrogens is 282 g/mol. The molecule has 0 aliphatic heterocycles. The lowest BCUT2D eigenvalue weighted by Gasteiger charge is -2.19. The van der Waals surface area contributed by atoms with Crippen molar-refractivity contribution in [2.45, 2.75) is 18.7 Å². The Morgan fingerprint density at radius 1 is 1.60 bits per heavy atom. The van der Waals surface area contributed by atoms with E-state index in [1.807, 2.05) is 6.07 Å². The van der Waals surface area contributed by atoms with Gasteiger partial charge in [-0.15, -0.1) is 0 Å². The number of aromatic nitrogens is 1. The Morgan fingerprint density at radius 3 is 2.70 bits per heavy atom. The maximum absolute atomic E-state index is 12.3. The molecule has 1 unspecified atom stereocenters. The van der Waals surface area contributed by atoms with Crippen molar-refractivity contribution in [3.05, 3.63) is 23.5 Å². The van der Waals surface area contributed by atoms with E-state index in [9.17, 15) is 13.2 Å². The summed E-state index contributed by atoms with van der Waals surface area (Å²) in [6.45, 7) is 2.86. The van der Waals surface area contributed by atoms with Crippen LogP contribution in [0.1, 0.15) is 18.2 Å². The van der Waals surface area contributed by atoms with Crippen LogP contribution < -0.4 is 0 Å². The van der Waals surface area contributed by atoms with E-state index in [0.29, 0.717) is 5.69 Å². The van der Waals surface area contributed by atoms with Crippen LogP contribution in [0.15, 0.2) is 17.2 Å². The van der Waals surface area contributed by atoms with Crippen molar-refractivity contribution in [1.29, 1.82) is 5.26 Å². The molecule has 1 heterocycles. The predicted octanol–water partition coefficient (Wildman–Crippen LogP) is 0.603. The average molecular weight is 297 g/mol. The number of hydrogen-bond acceptors (Lipinski definition) is 5. The van der Waals surface area contributed by atoms with Crippen molar-refractivity contribution >= 4 is 16.0 Å². The Morgan fingerprint density at radius 2 is 2.20 bits per heavy atom. The highest BCUT2D eigenvalue weighted by atomic mass is 32.2. The number of pyridine rings is 1. The lowest BCUT2D eigenvalue weighted by molar-refractivity contribution is -0.141. The van der Waals surface area contributed by atoms with Gasteiger partial charge in [-0.3, -0.25) is 9.78 Å². The van der Waals surface area contributed by atoms with E-state index >= 15 is 0 Å². The largest absolute Gasteiger partial charge is 0.481 e. The first-order chi connectivity index (χ1) is 9.20. The summed E-state index contributed by atoms with van der Waals surface area (Å²) in [5.41, 5.74) is 0.610. The number of nitrogens with zero attached hydrogens (tertiary/aromatic N) is 3. The van der Waals surface area contributed by atoms with E-state index in [0.717, 1.165) is 10.5 Å². The Hall–Kier alpha value is -1.98. The molecule has 8 heteroatoms. The standard InChI is InChI=1S/C12H15N3O4S/c1-8(12(16)17)7-15(3)20(18,19)11-4-10(5-13)9(2)14-6-11/h4,6,8H,7H2,1-3H3,(H,16,17). The third kappa shape index (κ3) is 3.31. The van der Waals surface area contributed by atoms with Crippen LogP contribution >= 0.6 is 0 Å². The Kier molecular flexibility index (Phi) is 4.81. The molecule has 1 rings (SSSR count). The summed E-state index contributed by atoms with van der Waals surface area (Å²) < 4.78 is 25.5. The molecule has 0 saturated heterocycles. The zero-order valence-electron chi connectivity index (χ0n) is 11.4. The van der Waals surface area contributed by atoms with Gasteiger partial charge in [0.1, 0.15) is 11.0 Å². The van der Waals surface area contributed by atoms with Crippen molar-refractivity contribution in [1.82, 2.24) is 9.29 Å². The van der Waals surface area contributed by atoms with Gasteiger partial charge in [0.05, 0.1) is 17.2 Å². The number of aryl methyl sites for hydroxylation is 1. The van der Waals surface area contributed by atoms with Gasteiger partial charge < -0.3 is 5.11 Å². The van der Waals surface area contributed by atoms with E-state index < -0.39 is 21.9 Å². The van der Waals surface area contributed by atoms with E-state index in [2.05, 4.69) is 4.98 Å². The van der Waals surface area contributed by atoms with Crippen molar-refractivity contribution in [3.8, 4) is 6.07 Å². The normalized spacial score (nSPS) is 12.9. The van der Waals surface area contributed by atoms with Gasteiger partial charge in [-0.25, -0.2) is 12.7 Å². The Labute approximate surface area is 117 Å². The fraction of sp³-hybridized carbons (Fsp3) is 0.417. The highest BCUT2D eigenvalue weighted by Gasteiger charge is 2.25. The van der Waals surface area contributed by atoms with Crippen LogP contribution in [-0.4, -0.2) is 42.4 Å². The molecule has 20 heavy (non-hydrogen) atoms. The summed E-state index contributed by atoms with van der Waals surface area (Å²) in [5, 5.41) is 17.7. The lowest BCUT2D eigenvalue weighted by atomic mass is 10.2. The van der Waals surface area contributed by atoms with Gasteiger partial charge in [0, 0.05) is 19.8 Å². The second-order valence-electron chi connectivity index (χ2n) is 4.44.